The summed E-state index contributed by atoms with van der Waals surface area (Å²) in [5.41, 5.74) is 2.67. The van der Waals surface area contributed by atoms with E-state index in [1.54, 1.807) is 24.8 Å². The van der Waals surface area contributed by atoms with Gasteiger partial charge in [-0.05, 0) is 49.4 Å². The predicted octanol–water partition coefficient (Wildman–Crippen LogP) is 3.49. The van der Waals surface area contributed by atoms with E-state index in [0.29, 0.717) is 18.2 Å². The Labute approximate surface area is 143 Å². The van der Waals surface area contributed by atoms with Crippen LogP contribution < -0.4 is 5.32 Å². The molecule has 2 aromatic heterocycles. The first-order chi connectivity index (χ1) is 11.8. The maximum Gasteiger partial charge on any atom is 0.255 e. The second kappa shape index (κ2) is 7.90. The molecule has 1 unspecified atom stereocenters. The Morgan fingerprint density at radius 3 is 2.88 bits per heavy atom. The average Bonchev–Trinajstić information content (AvgIpc) is 2.67. The largest absolute Gasteiger partial charge is 0.380 e. The lowest BCUT2D eigenvalue weighted by Gasteiger charge is -2.35. The first-order valence-corrected chi connectivity index (χ1v) is 8.66. The Bertz CT molecular complexity index is 674. The summed E-state index contributed by atoms with van der Waals surface area (Å²) in [5, 5.41) is 3.32. The minimum Gasteiger partial charge on any atom is -0.380 e. The molecule has 5 nitrogen and oxygen atoms in total. The Morgan fingerprint density at radius 1 is 1.25 bits per heavy atom. The topological polar surface area (TPSA) is 58.1 Å². The van der Waals surface area contributed by atoms with Crippen LogP contribution in [0.1, 0.15) is 48.5 Å². The van der Waals surface area contributed by atoms with Crippen molar-refractivity contribution >= 4 is 11.6 Å². The number of piperidine rings is 1. The molecule has 3 rings (SSSR count). The van der Waals surface area contributed by atoms with Gasteiger partial charge in [0.2, 0.25) is 0 Å². The van der Waals surface area contributed by atoms with Crippen molar-refractivity contribution in [2.45, 2.75) is 45.2 Å². The summed E-state index contributed by atoms with van der Waals surface area (Å²) in [7, 11) is 0. The monoisotopic (exact) mass is 324 g/mol. The van der Waals surface area contributed by atoms with Crippen LogP contribution in [0.2, 0.25) is 0 Å². The van der Waals surface area contributed by atoms with E-state index in [2.05, 4.69) is 22.2 Å². The second-order valence-electron chi connectivity index (χ2n) is 6.23. The van der Waals surface area contributed by atoms with Crippen molar-refractivity contribution in [2.24, 2.45) is 0 Å². The molecule has 0 spiro atoms. The molecule has 3 heterocycles. The second-order valence-corrected chi connectivity index (χ2v) is 6.23. The lowest BCUT2D eigenvalue weighted by atomic mass is 9.99. The maximum absolute atomic E-state index is 12.8. The van der Waals surface area contributed by atoms with E-state index in [1.807, 2.05) is 23.1 Å². The Balaban J connectivity index is 1.69. The van der Waals surface area contributed by atoms with Crippen molar-refractivity contribution in [3.05, 3.63) is 54.1 Å². The molecule has 0 aliphatic carbocycles. The summed E-state index contributed by atoms with van der Waals surface area (Å²) < 4.78 is 0. The molecular formula is C19H24N4O. The molecule has 1 N–H and O–H groups in total. The minimum atomic E-state index is 0.0987. The fourth-order valence-corrected chi connectivity index (χ4v) is 3.22. The van der Waals surface area contributed by atoms with Gasteiger partial charge in [-0.3, -0.25) is 14.8 Å². The number of likely N-dealkylation sites (tertiary alicyclic amines) is 1. The molecular weight excluding hydrogens is 300 g/mol. The number of amides is 1. The SMILES string of the molecule is CCC1CCCCN1C(=O)c1cncc(NCc2ccncc2)c1. The highest BCUT2D eigenvalue weighted by Crippen LogP contribution is 2.22. The minimum absolute atomic E-state index is 0.0987. The third-order valence-corrected chi connectivity index (χ3v) is 4.59. The molecule has 24 heavy (non-hydrogen) atoms. The molecule has 5 heteroatoms. The first kappa shape index (κ1) is 16.4. The van der Waals surface area contributed by atoms with Gasteiger partial charge >= 0.3 is 0 Å². The molecule has 1 amide bonds. The highest BCUT2D eigenvalue weighted by molar-refractivity contribution is 5.95. The van der Waals surface area contributed by atoms with Crippen molar-refractivity contribution in [1.82, 2.24) is 14.9 Å². The van der Waals surface area contributed by atoms with Crippen LogP contribution in [-0.2, 0) is 6.54 Å². The van der Waals surface area contributed by atoms with Gasteiger partial charge in [0.25, 0.3) is 5.91 Å². The highest BCUT2D eigenvalue weighted by atomic mass is 16.2. The van der Waals surface area contributed by atoms with E-state index in [0.717, 1.165) is 37.1 Å². The van der Waals surface area contributed by atoms with Crippen molar-refractivity contribution in [2.75, 3.05) is 11.9 Å². The fourth-order valence-electron chi connectivity index (χ4n) is 3.22. The maximum atomic E-state index is 12.8. The van der Waals surface area contributed by atoms with Gasteiger partial charge < -0.3 is 10.2 Å². The number of nitrogens with zero attached hydrogens (tertiary/aromatic N) is 3. The summed E-state index contributed by atoms with van der Waals surface area (Å²) >= 11 is 0. The summed E-state index contributed by atoms with van der Waals surface area (Å²) in [5.74, 6) is 0.0987. The van der Waals surface area contributed by atoms with E-state index in [-0.39, 0.29) is 5.91 Å². The number of carbonyl (C=O) groups excluding carboxylic acids is 1. The first-order valence-electron chi connectivity index (χ1n) is 8.66. The van der Waals surface area contributed by atoms with Gasteiger partial charge in [0.1, 0.15) is 0 Å². The van der Waals surface area contributed by atoms with E-state index in [4.69, 9.17) is 0 Å². The summed E-state index contributed by atoms with van der Waals surface area (Å²) in [6.07, 6.45) is 11.4. The van der Waals surface area contributed by atoms with Gasteiger partial charge in [0.05, 0.1) is 11.3 Å². The molecule has 1 aliphatic heterocycles. The van der Waals surface area contributed by atoms with Gasteiger partial charge in [-0.2, -0.15) is 0 Å². The van der Waals surface area contributed by atoms with Crippen LogP contribution >= 0.6 is 0 Å². The fraction of sp³-hybridized carbons (Fsp3) is 0.421. The van der Waals surface area contributed by atoms with Crippen LogP contribution in [0.3, 0.4) is 0 Å². The lowest BCUT2D eigenvalue weighted by Crippen LogP contribution is -2.43. The van der Waals surface area contributed by atoms with Crippen LogP contribution in [0.4, 0.5) is 5.69 Å². The standard InChI is InChI=1S/C19H24N4O/c1-2-18-5-3-4-10-23(18)19(24)16-11-17(14-21-13-16)22-12-15-6-8-20-9-7-15/h6-9,11,13-14,18,22H,2-5,10,12H2,1H3. The molecule has 0 bridgehead atoms. The van der Waals surface area contributed by atoms with E-state index < -0.39 is 0 Å². The Hall–Kier alpha value is -2.43. The molecule has 1 saturated heterocycles. The highest BCUT2D eigenvalue weighted by Gasteiger charge is 2.26. The molecule has 0 radical (unpaired) electrons. The molecule has 0 saturated carbocycles. The molecule has 2 aromatic rings. The smallest absolute Gasteiger partial charge is 0.255 e. The normalized spacial score (nSPS) is 17.5. The molecule has 0 aromatic carbocycles. The number of pyridine rings is 2. The van der Waals surface area contributed by atoms with Crippen LogP contribution in [-0.4, -0.2) is 33.4 Å². The van der Waals surface area contributed by atoms with Gasteiger partial charge in [-0.1, -0.05) is 6.92 Å². The number of nitrogens with one attached hydrogen (secondary N) is 1. The molecule has 1 aliphatic rings. The Kier molecular flexibility index (Phi) is 5.41. The zero-order valence-electron chi connectivity index (χ0n) is 14.1. The number of carbonyl (C=O) groups is 1. The molecule has 1 atom stereocenters. The van der Waals surface area contributed by atoms with Gasteiger partial charge in [-0.15, -0.1) is 0 Å². The summed E-state index contributed by atoms with van der Waals surface area (Å²) in [6.45, 7) is 3.69. The van der Waals surface area contributed by atoms with Gasteiger partial charge in [0, 0.05) is 43.9 Å². The summed E-state index contributed by atoms with van der Waals surface area (Å²) in [6, 6.07) is 6.20. The number of hydrogen-bond acceptors (Lipinski definition) is 4. The lowest BCUT2D eigenvalue weighted by molar-refractivity contribution is 0.0607. The number of hydrogen-bond donors (Lipinski definition) is 1. The molecule has 1 fully saturated rings. The van der Waals surface area contributed by atoms with Crippen LogP contribution in [0, 0.1) is 0 Å². The van der Waals surface area contributed by atoms with Crippen molar-refractivity contribution in [3.63, 3.8) is 0 Å². The summed E-state index contributed by atoms with van der Waals surface area (Å²) in [4.78, 5) is 23.1. The number of rotatable bonds is 5. The zero-order valence-corrected chi connectivity index (χ0v) is 14.1. The Morgan fingerprint density at radius 2 is 2.08 bits per heavy atom. The quantitative estimate of drug-likeness (QED) is 0.914. The zero-order chi connectivity index (χ0) is 16.8. The van der Waals surface area contributed by atoms with E-state index in [1.165, 1.54) is 6.42 Å². The van der Waals surface area contributed by atoms with Gasteiger partial charge in [0.15, 0.2) is 0 Å². The van der Waals surface area contributed by atoms with E-state index >= 15 is 0 Å². The molecule has 126 valence electrons. The van der Waals surface area contributed by atoms with Gasteiger partial charge in [-0.25, -0.2) is 0 Å². The van der Waals surface area contributed by atoms with E-state index in [9.17, 15) is 4.79 Å². The van der Waals surface area contributed by atoms with Crippen LogP contribution in [0.25, 0.3) is 0 Å². The predicted molar refractivity (Wildman–Crippen MR) is 94.8 cm³/mol. The van der Waals surface area contributed by atoms with Crippen LogP contribution in [0.15, 0.2) is 43.0 Å². The number of anilines is 1. The van der Waals surface area contributed by atoms with Crippen molar-refractivity contribution in [1.29, 1.82) is 0 Å². The number of aromatic nitrogens is 2. The van der Waals surface area contributed by atoms with Crippen molar-refractivity contribution < 1.29 is 4.79 Å². The van der Waals surface area contributed by atoms with Crippen LogP contribution in [0.5, 0.6) is 0 Å². The third kappa shape index (κ3) is 3.91. The van der Waals surface area contributed by atoms with Crippen molar-refractivity contribution in [3.8, 4) is 0 Å². The average molecular weight is 324 g/mol. The third-order valence-electron chi connectivity index (χ3n) is 4.59.